The van der Waals surface area contributed by atoms with Gasteiger partial charge in [-0.25, -0.2) is 0 Å². The molecule has 18 heavy (non-hydrogen) atoms. The molecule has 0 heterocycles. The van der Waals surface area contributed by atoms with Gasteiger partial charge < -0.3 is 5.32 Å². The lowest BCUT2D eigenvalue weighted by Crippen LogP contribution is -2.26. The number of amides is 1. The highest BCUT2D eigenvalue weighted by molar-refractivity contribution is 5.98. The van der Waals surface area contributed by atoms with Gasteiger partial charge in [-0.1, -0.05) is 17.2 Å². The van der Waals surface area contributed by atoms with E-state index < -0.39 is 10.8 Å². The van der Waals surface area contributed by atoms with Crippen molar-refractivity contribution >= 4 is 11.6 Å². The average Bonchev–Trinajstić information content (AvgIpc) is 2.33. The summed E-state index contributed by atoms with van der Waals surface area (Å²) in [6, 6.07) is 4.52. The van der Waals surface area contributed by atoms with Gasteiger partial charge in [-0.2, -0.15) is 0 Å². The van der Waals surface area contributed by atoms with E-state index in [1.807, 2.05) is 0 Å². The molecule has 1 rings (SSSR count). The monoisotopic (exact) mass is 249 g/mol. The molecule has 94 valence electrons. The second-order valence-corrected chi connectivity index (χ2v) is 3.44. The number of hydrogen-bond acceptors (Lipinski definition) is 4. The summed E-state index contributed by atoms with van der Waals surface area (Å²) >= 11 is 0. The van der Waals surface area contributed by atoms with Gasteiger partial charge in [0.2, 0.25) is 0 Å². The largest absolute Gasteiger partial charge is 0.352 e. The fraction of sp³-hybridized carbons (Fsp3) is 0.300. The molecule has 0 fully saturated rings. The molecule has 0 aromatic heterocycles. The van der Waals surface area contributed by atoms with Crippen LogP contribution in [0.3, 0.4) is 0 Å². The summed E-state index contributed by atoms with van der Waals surface area (Å²) in [6.45, 7) is 1.80. The van der Waals surface area contributed by atoms with E-state index in [0.717, 1.165) is 0 Å². The van der Waals surface area contributed by atoms with Gasteiger partial charge in [-0.3, -0.25) is 14.9 Å². The van der Waals surface area contributed by atoms with Crippen LogP contribution in [0.5, 0.6) is 0 Å². The highest BCUT2D eigenvalue weighted by Crippen LogP contribution is 2.22. The van der Waals surface area contributed by atoms with E-state index in [0.29, 0.717) is 5.56 Å². The Morgan fingerprint density at radius 1 is 1.61 bits per heavy atom. The molecule has 0 bridgehead atoms. The van der Waals surface area contributed by atoms with Gasteiger partial charge in [0.25, 0.3) is 11.6 Å². The molecule has 0 aliphatic carbocycles. The summed E-state index contributed by atoms with van der Waals surface area (Å²) < 4.78 is 0. The summed E-state index contributed by atoms with van der Waals surface area (Å²) in [5.41, 5.74) is 8.27. The minimum absolute atomic E-state index is 0.000868. The van der Waals surface area contributed by atoms with Crippen LogP contribution in [0, 0.1) is 17.0 Å². The van der Waals surface area contributed by atoms with Gasteiger partial charge in [0.05, 0.1) is 4.92 Å². The molecule has 8 heteroatoms. The number of hydrogen-bond donors (Lipinski definition) is 1. The Kier molecular flexibility index (Phi) is 4.65. The van der Waals surface area contributed by atoms with E-state index in [2.05, 4.69) is 15.3 Å². The average molecular weight is 249 g/mol. The van der Waals surface area contributed by atoms with E-state index >= 15 is 0 Å². The van der Waals surface area contributed by atoms with Gasteiger partial charge in [-0.15, -0.1) is 0 Å². The SMILES string of the molecule is Cc1cccc(C(=O)NCCN=[N+]=[N-])c1[N+](=O)[O-]. The summed E-state index contributed by atoms with van der Waals surface area (Å²) in [5.74, 6) is -0.557. The molecule has 0 saturated carbocycles. The molecule has 1 amide bonds. The lowest BCUT2D eigenvalue weighted by Gasteiger charge is -2.05. The summed E-state index contributed by atoms with van der Waals surface area (Å²) in [6.07, 6.45) is 0. The quantitative estimate of drug-likeness (QED) is 0.214. The fourth-order valence-electron chi connectivity index (χ4n) is 1.44. The molecule has 0 aliphatic rings. The number of para-hydroxylation sites is 1. The van der Waals surface area contributed by atoms with Crippen molar-refractivity contribution in [3.63, 3.8) is 0 Å². The van der Waals surface area contributed by atoms with Gasteiger partial charge in [-0.05, 0) is 18.5 Å². The zero-order chi connectivity index (χ0) is 13.5. The van der Waals surface area contributed by atoms with E-state index in [1.165, 1.54) is 6.07 Å². The normalized spacial score (nSPS) is 9.39. The molecular formula is C10H11N5O3. The molecular weight excluding hydrogens is 238 g/mol. The molecule has 1 aromatic rings. The molecule has 0 radical (unpaired) electrons. The van der Waals surface area contributed by atoms with Crippen LogP contribution in [0.4, 0.5) is 5.69 Å². The number of benzene rings is 1. The maximum absolute atomic E-state index is 11.7. The van der Waals surface area contributed by atoms with Crippen LogP contribution in [0.1, 0.15) is 15.9 Å². The van der Waals surface area contributed by atoms with Crippen LogP contribution in [0.25, 0.3) is 10.4 Å². The Hall–Kier alpha value is -2.60. The van der Waals surface area contributed by atoms with Crippen molar-refractivity contribution in [2.45, 2.75) is 6.92 Å². The van der Waals surface area contributed by atoms with Crippen molar-refractivity contribution in [2.24, 2.45) is 5.11 Å². The molecule has 0 aliphatic heterocycles. The molecule has 0 unspecified atom stereocenters. The van der Waals surface area contributed by atoms with E-state index in [-0.39, 0.29) is 24.3 Å². The van der Waals surface area contributed by atoms with Crippen LogP contribution >= 0.6 is 0 Å². The smallest absolute Gasteiger partial charge is 0.285 e. The highest BCUT2D eigenvalue weighted by Gasteiger charge is 2.21. The summed E-state index contributed by atoms with van der Waals surface area (Å²) in [4.78, 5) is 24.6. The topological polar surface area (TPSA) is 121 Å². The first-order valence-corrected chi connectivity index (χ1v) is 5.11. The first-order chi connectivity index (χ1) is 8.57. The first-order valence-electron chi connectivity index (χ1n) is 5.11. The number of azide groups is 1. The predicted octanol–water partition coefficient (Wildman–Crippen LogP) is 1.94. The van der Waals surface area contributed by atoms with Gasteiger partial charge in [0.1, 0.15) is 5.56 Å². The van der Waals surface area contributed by atoms with Gasteiger partial charge in [0, 0.05) is 23.6 Å². The number of nitro benzene ring substituents is 1. The third-order valence-electron chi connectivity index (χ3n) is 2.23. The standard InChI is InChI=1S/C10H11N5O3/c1-7-3-2-4-8(9(7)15(17)18)10(16)12-5-6-13-14-11/h2-4H,5-6H2,1H3,(H,12,16). The number of nitro groups is 1. The molecule has 0 atom stereocenters. The third-order valence-corrected chi connectivity index (χ3v) is 2.23. The Bertz CT molecular complexity index is 522. The van der Waals surface area contributed by atoms with Crippen molar-refractivity contribution in [3.8, 4) is 0 Å². The molecule has 8 nitrogen and oxygen atoms in total. The van der Waals surface area contributed by atoms with Crippen LogP contribution in [-0.2, 0) is 0 Å². The Morgan fingerprint density at radius 3 is 2.94 bits per heavy atom. The minimum atomic E-state index is -0.586. The van der Waals surface area contributed by atoms with Crippen LogP contribution < -0.4 is 5.32 Å². The number of aryl methyl sites for hydroxylation is 1. The van der Waals surface area contributed by atoms with Crippen molar-refractivity contribution in [1.29, 1.82) is 0 Å². The van der Waals surface area contributed by atoms with Crippen molar-refractivity contribution in [2.75, 3.05) is 13.1 Å². The Morgan fingerprint density at radius 2 is 2.33 bits per heavy atom. The number of rotatable bonds is 5. The molecule has 0 spiro atoms. The van der Waals surface area contributed by atoms with Crippen molar-refractivity contribution < 1.29 is 9.72 Å². The second-order valence-electron chi connectivity index (χ2n) is 3.44. The second kappa shape index (κ2) is 6.21. The highest BCUT2D eigenvalue weighted by atomic mass is 16.6. The van der Waals surface area contributed by atoms with E-state index in [9.17, 15) is 14.9 Å². The van der Waals surface area contributed by atoms with Gasteiger partial charge >= 0.3 is 0 Å². The lowest BCUT2D eigenvalue weighted by atomic mass is 10.1. The van der Waals surface area contributed by atoms with E-state index in [1.54, 1.807) is 19.1 Å². The molecule has 1 aromatic carbocycles. The molecule has 0 saturated heterocycles. The van der Waals surface area contributed by atoms with E-state index in [4.69, 9.17) is 5.53 Å². The number of carbonyl (C=O) groups is 1. The lowest BCUT2D eigenvalue weighted by molar-refractivity contribution is -0.385. The van der Waals surface area contributed by atoms with Gasteiger partial charge in [0.15, 0.2) is 0 Å². The van der Waals surface area contributed by atoms with Crippen LogP contribution in [-0.4, -0.2) is 23.9 Å². The van der Waals surface area contributed by atoms with Crippen molar-refractivity contribution in [1.82, 2.24) is 5.32 Å². The summed E-state index contributed by atoms with van der Waals surface area (Å²) in [5, 5.41) is 16.6. The fourth-order valence-corrected chi connectivity index (χ4v) is 1.44. The predicted molar refractivity (Wildman–Crippen MR) is 64.2 cm³/mol. The number of nitrogens with one attached hydrogen (secondary N) is 1. The zero-order valence-corrected chi connectivity index (χ0v) is 9.66. The van der Waals surface area contributed by atoms with Crippen LogP contribution in [0.15, 0.2) is 23.3 Å². The van der Waals surface area contributed by atoms with Crippen LogP contribution in [0.2, 0.25) is 0 Å². The first kappa shape index (κ1) is 13.5. The zero-order valence-electron chi connectivity index (χ0n) is 9.66. The minimum Gasteiger partial charge on any atom is -0.352 e. The maximum Gasteiger partial charge on any atom is 0.285 e. The Labute approximate surface area is 102 Å². The number of carbonyl (C=O) groups excluding carboxylic acids is 1. The van der Waals surface area contributed by atoms with Crippen molar-refractivity contribution in [3.05, 3.63) is 49.9 Å². The maximum atomic E-state index is 11.7. The third kappa shape index (κ3) is 3.19. The molecule has 1 N–H and O–H groups in total. The Balaban J connectivity index is 2.88. The number of nitrogens with zero attached hydrogens (tertiary/aromatic N) is 4. The summed E-state index contributed by atoms with van der Waals surface area (Å²) in [7, 11) is 0.